The SMILES string of the molecule is CC1(C)CCOC(/C=C/c2cccc3ccccc23)C1. The molecule has 1 atom stereocenters. The molecule has 1 saturated heterocycles. The lowest BCUT2D eigenvalue weighted by Gasteiger charge is -2.34. The van der Waals surface area contributed by atoms with Crippen molar-refractivity contribution in [1.82, 2.24) is 0 Å². The average molecular weight is 266 g/mol. The highest BCUT2D eigenvalue weighted by Gasteiger charge is 2.26. The van der Waals surface area contributed by atoms with E-state index in [0.717, 1.165) is 19.4 Å². The van der Waals surface area contributed by atoms with Gasteiger partial charge in [-0.25, -0.2) is 0 Å². The second kappa shape index (κ2) is 5.41. The number of ether oxygens (including phenoxy) is 1. The van der Waals surface area contributed by atoms with E-state index in [1.807, 2.05) is 0 Å². The van der Waals surface area contributed by atoms with E-state index >= 15 is 0 Å². The van der Waals surface area contributed by atoms with E-state index in [1.165, 1.54) is 16.3 Å². The number of rotatable bonds is 2. The second-order valence-electron chi connectivity index (χ2n) is 6.46. The predicted octanol–water partition coefficient (Wildman–Crippen LogP) is 5.06. The van der Waals surface area contributed by atoms with Gasteiger partial charge >= 0.3 is 0 Å². The third-order valence-corrected chi connectivity index (χ3v) is 4.18. The van der Waals surface area contributed by atoms with Crippen molar-refractivity contribution in [2.24, 2.45) is 5.41 Å². The summed E-state index contributed by atoms with van der Waals surface area (Å²) in [4.78, 5) is 0. The first-order chi connectivity index (χ1) is 9.64. The van der Waals surface area contributed by atoms with Crippen LogP contribution in [0, 0.1) is 5.41 Å². The normalized spacial score (nSPS) is 22.4. The fourth-order valence-corrected chi connectivity index (χ4v) is 2.92. The van der Waals surface area contributed by atoms with E-state index in [4.69, 9.17) is 4.74 Å². The quantitative estimate of drug-likeness (QED) is 0.738. The highest BCUT2D eigenvalue weighted by atomic mass is 16.5. The molecule has 2 aromatic rings. The molecule has 0 N–H and O–H groups in total. The molecule has 104 valence electrons. The lowest BCUT2D eigenvalue weighted by atomic mass is 9.82. The van der Waals surface area contributed by atoms with Crippen LogP contribution in [-0.4, -0.2) is 12.7 Å². The summed E-state index contributed by atoms with van der Waals surface area (Å²) < 4.78 is 5.86. The zero-order chi connectivity index (χ0) is 14.0. The topological polar surface area (TPSA) is 9.23 Å². The van der Waals surface area contributed by atoms with Crippen molar-refractivity contribution < 1.29 is 4.74 Å². The van der Waals surface area contributed by atoms with Gasteiger partial charge in [0, 0.05) is 6.61 Å². The van der Waals surface area contributed by atoms with Gasteiger partial charge in [-0.05, 0) is 34.6 Å². The molecule has 0 aliphatic carbocycles. The predicted molar refractivity (Wildman–Crippen MR) is 85.7 cm³/mol. The van der Waals surface area contributed by atoms with Gasteiger partial charge in [0.25, 0.3) is 0 Å². The van der Waals surface area contributed by atoms with E-state index < -0.39 is 0 Å². The molecule has 0 saturated carbocycles. The number of hydrogen-bond donors (Lipinski definition) is 0. The van der Waals surface area contributed by atoms with Crippen LogP contribution in [0.1, 0.15) is 32.3 Å². The molecule has 3 rings (SSSR count). The number of benzene rings is 2. The molecule has 1 fully saturated rings. The van der Waals surface area contributed by atoms with Crippen LogP contribution in [0.3, 0.4) is 0 Å². The van der Waals surface area contributed by atoms with Gasteiger partial charge in [-0.3, -0.25) is 0 Å². The monoisotopic (exact) mass is 266 g/mol. The minimum atomic E-state index is 0.248. The lowest BCUT2D eigenvalue weighted by Crippen LogP contribution is -2.29. The van der Waals surface area contributed by atoms with Crippen molar-refractivity contribution in [1.29, 1.82) is 0 Å². The fraction of sp³-hybridized carbons (Fsp3) is 0.368. The Morgan fingerprint density at radius 2 is 1.90 bits per heavy atom. The van der Waals surface area contributed by atoms with Crippen LogP contribution >= 0.6 is 0 Å². The minimum absolute atomic E-state index is 0.248. The largest absolute Gasteiger partial charge is 0.374 e. The van der Waals surface area contributed by atoms with Crippen molar-refractivity contribution in [3.63, 3.8) is 0 Å². The van der Waals surface area contributed by atoms with Gasteiger partial charge in [0.15, 0.2) is 0 Å². The Hall–Kier alpha value is -1.60. The third kappa shape index (κ3) is 2.94. The van der Waals surface area contributed by atoms with Crippen LogP contribution in [0.15, 0.2) is 48.5 Å². The molecule has 0 spiro atoms. The molecule has 1 aliphatic heterocycles. The molecule has 0 amide bonds. The minimum Gasteiger partial charge on any atom is -0.374 e. The van der Waals surface area contributed by atoms with Crippen LogP contribution in [-0.2, 0) is 4.74 Å². The first-order valence-corrected chi connectivity index (χ1v) is 7.42. The summed E-state index contributed by atoms with van der Waals surface area (Å²) in [5.74, 6) is 0. The van der Waals surface area contributed by atoms with Gasteiger partial charge in [-0.1, -0.05) is 68.5 Å². The summed E-state index contributed by atoms with van der Waals surface area (Å²) in [6.07, 6.45) is 6.95. The van der Waals surface area contributed by atoms with Crippen LogP contribution < -0.4 is 0 Å². The Bertz CT molecular complexity index is 619. The van der Waals surface area contributed by atoms with Gasteiger partial charge in [-0.2, -0.15) is 0 Å². The summed E-state index contributed by atoms with van der Waals surface area (Å²) in [7, 11) is 0. The highest BCUT2D eigenvalue weighted by Crippen LogP contribution is 2.33. The fourth-order valence-electron chi connectivity index (χ4n) is 2.92. The average Bonchev–Trinajstić information content (AvgIpc) is 2.44. The smallest absolute Gasteiger partial charge is 0.0764 e. The maximum absolute atomic E-state index is 5.86. The lowest BCUT2D eigenvalue weighted by molar-refractivity contribution is -0.00951. The summed E-state index contributed by atoms with van der Waals surface area (Å²) in [6, 6.07) is 15.0. The maximum Gasteiger partial charge on any atom is 0.0764 e. The Morgan fingerprint density at radius 3 is 2.75 bits per heavy atom. The molecule has 1 unspecified atom stereocenters. The van der Waals surface area contributed by atoms with Crippen molar-refractivity contribution in [2.75, 3.05) is 6.61 Å². The molecule has 1 nitrogen and oxygen atoms in total. The molecular formula is C19H22O. The Kier molecular flexibility index (Phi) is 3.62. The first kappa shape index (κ1) is 13.4. The van der Waals surface area contributed by atoms with E-state index in [1.54, 1.807) is 0 Å². The maximum atomic E-state index is 5.86. The van der Waals surface area contributed by atoms with Crippen LogP contribution in [0.2, 0.25) is 0 Å². The van der Waals surface area contributed by atoms with E-state index in [0.29, 0.717) is 5.41 Å². The molecule has 20 heavy (non-hydrogen) atoms. The molecular weight excluding hydrogens is 244 g/mol. The van der Waals surface area contributed by atoms with Crippen LogP contribution in [0.5, 0.6) is 0 Å². The molecule has 0 radical (unpaired) electrons. The Balaban J connectivity index is 1.84. The standard InChI is InChI=1S/C19H22O/c1-19(2)12-13-20-17(14-19)11-10-16-8-5-7-15-6-3-4-9-18(15)16/h3-11,17H,12-14H2,1-2H3/b11-10+. The molecule has 0 bridgehead atoms. The summed E-state index contributed by atoms with van der Waals surface area (Å²) in [5, 5.41) is 2.60. The molecule has 1 heteroatoms. The molecule has 1 aliphatic rings. The molecule has 2 aromatic carbocycles. The van der Waals surface area contributed by atoms with Gasteiger partial charge in [0.05, 0.1) is 6.10 Å². The first-order valence-electron chi connectivity index (χ1n) is 7.42. The number of hydrogen-bond acceptors (Lipinski definition) is 1. The van der Waals surface area contributed by atoms with Gasteiger partial charge < -0.3 is 4.74 Å². The van der Waals surface area contributed by atoms with Crippen molar-refractivity contribution >= 4 is 16.8 Å². The summed E-state index contributed by atoms with van der Waals surface area (Å²) >= 11 is 0. The van der Waals surface area contributed by atoms with E-state index in [-0.39, 0.29) is 6.10 Å². The van der Waals surface area contributed by atoms with Crippen LogP contribution in [0.25, 0.3) is 16.8 Å². The Labute approximate surface area is 121 Å². The van der Waals surface area contributed by atoms with Crippen molar-refractivity contribution in [3.05, 3.63) is 54.1 Å². The van der Waals surface area contributed by atoms with Gasteiger partial charge in [0.1, 0.15) is 0 Å². The van der Waals surface area contributed by atoms with Gasteiger partial charge in [-0.15, -0.1) is 0 Å². The van der Waals surface area contributed by atoms with E-state index in [9.17, 15) is 0 Å². The van der Waals surface area contributed by atoms with Crippen LogP contribution in [0.4, 0.5) is 0 Å². The zero-order valence-corrected chi connectivity index (χ0v) is 12.3. The van der Waals surface area contributed by atoms with Gasteiger partial charge in [0.2, 0.25) is 0 Å². The number of fused-ring (bicyclic) bond motifs is 1. The third-order valence-electron chi connectivity index (χ3n) is 4.18. The second-order valence-corrected chi connectivity index (χ2v) is 6.46. The van der Waals surface area contributed by atoms with Crippen molar-refractivity contribution in [2.45, 2.75) is 32.8 Å². The molecule has 1 heterocycles. The highest BCUT2D eigenvalue weighted by molar-refractivity contribution is 5.90. The molecule has 0 aromatic heterocycles. The Morgan fingerprint density at radius 1 is 1.10 bits per heavy atom. The summed E-state index contributed by atoms with van der Waals surface area (Å²) in [5.41, 5.74) is 1.67. The zero-order valence-electron chi connectivity index (χ0n) is 12.3. The van der Waals surface area contributed by atoms with E-state index in [2.05, 4.69) is 68.5 Å². The summed E-state index contributed by atoms with van der Waals surface area (Å²) in [6.45, 7) is 5.53. The van der Waals surface area contributed by atoms with Crippen molar-refractivity contribution in [3.8, 4) is 0 Å².